The lowest BCUT2D eigenvalue weighted by atomic mass is 9.92. The zero-order valence-electron chi connectivity index (χ0n) is 9.99. The van der Waals surface area contributed by atoms with E-state index >= 15 is 0 Å². The van der Waals surface area contributed by atoms with Crippen molar-refractivity contribution in [3.8, 4) is 0 Å². The number of benzene rings is 1. The molecule has 2 aliphatic heterocycles. The Morgan fingerprint density at radius 3 is 3.06 bits per heavy atom. The number of hydrogen-bond acceptors (Lipinski definition) is 2. The first kappa shape index (κ1) is 10.5. The van der Waals surface area contributed by atoms with Crippen molar-refractivity contribution in [2.24, 2.45) is 10.9 Å². The summed E-state index contributed by atoms with van der Waals surface area (Å²) in [5, 5.41) is 2.89. The molecule has 0 spiro atoms. The highest BCUT2D eigenvalue weighted by Crippen LogP contribution is 2.29. The third kappa shape index (κ3) is 1.86. The average Bonchev–Trinajstić information content (AvgIpc) is 2.70. The van der Waals surface area contributed by atoms with Crippen LogP contribution in [0.2, 0.25) is 0 Å². The molecule has 0 bridgehead atoms. The van der Waals surface area contributed by atoms with Gasteiger partial charge < -0.3 is 5.32 Å². The minimum Gasteiger partial charge on any atom is -0.326 e. The van der Waals surface area contributed by atoms with Gasteiger partial charge in [0.15, 0.2) is 0 Å². The number of nitrogens with one attached hydrogen (secondary N) is 1. The van der Waals surface area contributed by atoms with Crippen LogP contribution in [0.5, 0.6) is 0 Å². The molecule has 0 saturated carbocycles. The normalized spacial score (nSPS) is 23.0. The maximum atomic E-state index is 11.4. The summed E-state index contributed by atoms with van der Waals surface area (Å²) in [6.07, 6.45) is 2.73. The summed E-state index contributed by atoms with van der Waals surface area (Å²) in [6, 6.07) is 6.06. The van der Waals surface area contributed by atoms with Crippen LogP contribution < -0.4 is 5.32 Å². The molecular weight excluding hydrogens is 212 g/mol. The van der Waals surface area contributed by atoms with Crippen molar-refractivity contribution >= 4 is 17.3 Å². The fourth-order valence-electron chi connectivity index (χ4n) is 2.56. The van der Waals surface area contributed by atoms with Crippen molar-refractivity contribution in [3.63, 3.8) is 0 Å². The van der Waals surface area contributed by atoms with Crippen molar-refractivity contribution < 1.29 is 4.79 Å². The number of rotatable bonds is 1. The number of carbonyl (C=O) groups excluding carboxylic acids is 1. The molecule has 0 aliphatic carbocycles. The van der Waals surface area contributed by atoms with Crippen LogP contribution in [0.1, 0.15) is 30.9 Å². The van der Waals surface area contributed by atoms with E-state index in [1.165, 1.54) is 17.7 Å². The number of anilines is 1. The van der Waals surface area contributed by atoms with E-state index in [0.717, 1.165) is 24.2 Å². The van der Waals surface area contributed by atoms with Crippen LogP contribution in [-0.2, 0) is 11.2 Å². The summed E-state index contributed by atoms with van der Waals surface area (Å²) in [4.78, 5) is 16.1. The minimum atomic E-state index is 0.0947. The lowest BCUT2D eigenvalue weighted by Gasteiger charge is -2.19. The van der Waals surface area contributed by atoms with E-state index in [2.05, 4.69) is 23.3 Å². The van der Waals surface area contributed by atoms with Gasteiger partial charge in [0, 0.05) is 23.5 Å². The van der Waals surface area contributed by atoms with Crippen molar-refractivity contribution in [2.45, 2.75) is 26.2 Å². The van der Waals surface area contributed by atoms with E-state index in [9.17, 15) is 4.79 Å². The highest BCUT2D eigenvalue weighted by molar-refractivity contribution is 6.08. The van der Waals surface area contributed by atoms with Crippen LogP contribution in [0, 0.1) is 5.92 Å². The predicted octanol–water partition coefficient (Wildman–Crippen LogP) is 2.40. The van der Waals surface area contributed by atoms with Crippen LogP contribution in [0.4, 0.5) is 5.69 Å². The Bertz CT molecular complexity index is 505. The molecule has 2 heterocycles. The fourth-order valence-corrected chi connectivity index (χ4v) is 2.56. The van der Waals surface area contributed by atoms with Gasteiger partial charge in [-0.05, 0) is 30.4 Å². The van der Waals surface area contributed by atoms with Crippen molar-refractivity contribution in [2.75, 3.05) is 11.9 Å². The summed E-state index contributed by atoms with van der Waals surface area (Å²) in [6.45, 7) is 3.15. The second kappa shape index (κ2) is 3.99. The molecular formula is C14H16N2O. The smallest absolute Gasteiger partial charge is 0.228 e. The summed E-state index contributed by atoms with van der Waals surface area (Å²) in [7, 11) is 0. The van der Waals surface area contributed by atoms with Gasteiger partial charge in [-0.25, -0.2) is 0 Å². The van der Waals surface area contributed by atoms with Gasteiger partial charge in [-0.15, -0.1) is 0 Å². The first-order valence-electron chi connectivity index (χ1n) is 6.19. The van der Waals surface area contributed by atoms with E-state index < -0.39 is 0 Å². The Kier molecular flexibility index (Phi) is 2.46. The van der Waals surface area contributed by atoms with Crippen LogP contribution in [-0.4, -0.2) is 18.2 Å². The molecule has 1 aromatic carbocycles. The van der Waals surface area contributed by atoms with Crippen LogP contribution in [0.15, 0.2) is 23.2 Å². The van der Waals surface area contributed by atoms with E-state index in [4.69, 9.17) is 0 Å². The molecule has 1 atom stereocenters. The lowest BCUT2D eigenvalue weighted by Crippen LogP contribution is -2.15. The van der Waals surface area contributed by atoms with Gasteiger partial charge in [0.1, 0.15) is 0 Å². The Balaban J connectivity index is 2.00. The van der Waals surface area contributed by atoms with Gasteiger partial charge in [0.25, 0.3) is 0 Å². The number of hydrogen-bond donors (Lipinski definition) is 1. The van der Waals surface area contributed by atoms with Crippen LogP contribution in [0.3, 0.4) is 0 Å². The standard InChI is InChI=1S/C14H16N2O/c1-9-5-6-12(15-8-9)10-3-2-4-13-11(10)7-14(17)16-13/h2-4,9H,5-8H2,1H3,(H,16,17). The molecule has 3 heteroatoms. The molecule has 2 aliphatic rings. The monoisotopic (exact) mass is 228 g/mol. The molecule has 1 amide bonds. The molecule has 1 unspecified atom stereocenters. The lowest BCUT2D eigenvalue weighted by molar-refractivity contribution is -0.115. The Morgan fingerprint density at radius 2 is 2.29 bits per heavy atom. The zero-order chi connectivity index (χ0) is 11.8. The summed E-state index contributed by atoms with van der Waals surface area (Å²) < 4.78 is 0. The second-order valence-corrected chi connectivity index (χ2v) is 4.99. The number of nitrogens with zero attached hydrogens (tertiary/aromatic N) is 1. The van der Waals surface area contributed by atoms with Gasteiger partial charge in [0.2, 0.25) is 5.91 Å². The number of carbonyl (C=O) groups is 1. The zero-order valence-corrected chi connectivity index (χ0v) is 9.99. The summed E-state index contributed by atoms with van der Waals surface area (Å²) >= 11 is 0. The van der Waals surface area contributed by atoms with E-state index in [0.29, 0.717) is 12.3 Å². The first-order chi connectivity index (χ1) is 8.24. The van der Waals surface area contributed by atoms with Gasteiger partial charge in [-0.2, -0.15) is 0 Å². The van der Waals surface area contributed by atoms with Gasteiger partial charge in [-0.1, -0.05) is 19.1 Å². The predicted molar refractivity (Wildman–Crippen MR) is 68.6 cm³/mol. The van der Waals surface area contributed by atoms with Crippen molar-refractivity contribution in [1.29, 1.82) is 0 Å². The molecule has 0 fully saturated rings. The van der Waals surface area contributed by atoms with Crippen LogP contribution in [0.25, 0.3) is 0 Å². The molecule has 1 N–H and O–H groups in total. The number of fused-ring (bicyclic) bond motifs is 1. The Labute approximate surface area is 101 Å². The van der Waals surface area contributed by atoms with Gasteiger partial charge in [0.05, 0.1) is 6.42 Å². The molecule has 3 rings (SSSR count). The highest BCUT2D eigenvalue weighted by atomic mass is 16.1. The third-order valence-electron chi connectivity index (χ3n) is 3.57. The fraction of sp³-hybridized carbons (Fsp3) is 0.429. The van der Waals surface area contributed by atoms with E-state index in [-0.39, 0.29) is 5.91 Å². The highest BCUT2D eigenvalue weighted by Gasteiger charge is 2.23. The van der Waals surface area contributed by atoms with Gasteiger partial charge >= 0.3 is 0 Å². The third-order valence-corrected chi connectivity index (χ3v) is 3.57. The van der Waals surface area contributed by atoms with Gasteiger partial charge in [-0.3, -0.25) is 9.79 Å². The molecule has 0 aromatic heterocycles. The average molecular weight is 228 g/mol. The Morgan fingerprint density at radius 1 is 1.41 bits per heavy atom. The second-order valence-electron chi connectivity index (χ2n) is 4.99. The number of amides is 1. The SMILES string of the molecule is CC1CCC(c2cccc3c2CC(=O)N3)=NC1. The summed E-state index contributed by atoms with van der Waals surface area (Å²) in [5.41, 5.74) is 4.45. The maximum Gasteiger partial charge on any atom is 0.228 e. The Hall–Kier alpha value is -1.64. The molecule has 17 heavy (non-hydrogen) atoms. The van der Waals surface area contributed by atoms with E-state index in [1.807, 2.05) is 12.1 Å². The minimum absolute atomic E-state index is 0.0947. The molecule has 88 valence electrons. The topological polar surface area (TPSA) is 41.5 Å². The quantitative estimate of drug-likeness (QED) is 0.788. The largest absolute Gasteiger partial charge is 0.326 e. The van der Waals surface area contributed by atoms with E-state index in [1.54, 1.807) is 0 Å². The van der Waals surface area contributed by atoms with Crippen molar-refractivity contribution in [3.05, 3.63) is 29.3 Å². The summed E-state index contributed by atoms with van der Waals surface area (Å²) in [5.74, 6) is 0.785. The maximum absolute atomic E-state index is 11.4. The molecule has 1 aromatic rings. The molecule has 3 nitrogen and oxygen atoms in total. The molecule has 0 radical (unpaired) electrons. The van der Waals surface area contributed by atoms with Crippen LogP contribution >= 0.6 is 0 Å². The molecule has 0 saturated heterocycles. The number of aliphatic imine (C=N–C) groups is 1. The first-order valence-corrected chi connectivity index (χ1v) is 6.19. The van der Waals surface area contributed by atoms with Crippen molar-refractivity contribution in [1.82, 2.24) is 0 Å².